The van der Waals surface area contributed by atoms with E-state index in [1.807, 2.05) is 0 Å². The van der Waals surface area contributed by atoms with Crippen molar-refractivity contribution in [3.8, 4) is 0 Å². The van der Waals surface area contributed by atoms with Crippen molar-refractivity contribution in [2.75, 3.05) is 0 Å². The molecule has 1 rings (SSSR count). The Morgan fingerprint density at radius 1 is 1.30 bits per heavy atom. The molecule has 4 atom stereocenters. The molecule has 7 nitrogen and oxygen atoms in total. The number of primary amides is 1. The van der Waals surface area contributed by atoms with Gasteiger partial charge in [0.15, 0.2) is 0 Å². The lowest BCUT2D eigenvalue weighted by molar-refractivity contribution is -0.139. The quantitative estimate of drug-likeness (QED) is 0.659. The maximum Gasteiger partial charge on any atom is 0.408 e. The lowest BCUT2D eigenvalue weighted by Crippen LogP contribution is -2.45. The van der Waals surface area contributed by atoms with Gasteiger partial charge in [-0.25, -0.2) is 9.59 Å². The van der Waals surface area contributed by atoms with Crippen molar-refractivity contribution >= 4 is 18.0 Å². The molecule has 0 heterocycles. The Hall–Kier alpha value is -1.79. The van der Waals surface area contributed by atoms with Gasteiger partial charge in [0.05, 0.1) is 0 Å². The number of nitrogens with one attached hydrogen (secondary N) is 1. The van der Waals surface area contributed by atoms with Gasteiger partial charge in [0.25, 0.3) is 0 Å². The average Bonchev–Trinajstić information content (AvgIpc) is 2.42. The molecule has 2 amide bonds. The summed E-state index contributed by atoms with van der Waals surface area (Å²) in [5, 5.41) is 11.4. The van der Waals surface area contributed by atoms with E-state index < -0.39 is 24.0 Å². The largest absolute Gasteiger partial charge is 0.480 e. The molecule has 7 heteroatoms. The van der Waals surface area contributed by atoms with Gasteiger partial charge in [-0.15, -0.1) is 0 Å². The molecule has 1 aliphatic rings. The van der Waals surface area contributed by atoms with E-state index in [-0.39, 0.29) is 24.9 Å². The van der Waals surface area contributed by atoms with Gasteiger partial charge < -0.3 is 20.9 Å². The summed E-state index contributed by atoms with van der Waals surface area (Å²) in [5.41, 5.74) is 5.01. The zero-order chi connectivity index (χ0) is 17.6. The summed E-state index contributed by atoms with van der Waals surface area (Å²) in [4.78, 5) is 33.9. The van der Waals surface area contributed by atoms with Crippen molar-refractivity contribution in [3.63, 3.8) is 0 Å². The lowest BCUT2D eigenvalue weighted by atomic mass is 9.75. The predicted octanol–water partition coefficient (Wildman–Crippen LogP) is 1.89. The van der Waals surface area contributed by atoms with Gasteiger partial charge in [-0.05, 0) is 37.0 Å². The number of alkyl carbamates (subject to hydrolysis) is 1. The number of rotatable bonds is 7. The molecular formula is C16H28N2O5. The maximum absolute atomic E-state index is 12.0. The Balaban J connectivity index is 2.60. The third-order valence-electron chi connectivity index (χ3n) is 4.49. The van der Waals surface area contributed by atoms with Crippen LogP contribution in [0.1, 0.15) is 52.9 Å². The Bertz CT molecular complexity index is 438. The molecule has 4 N–H and O–H groups in total. The molecule has 1 aliphatic carbocycles. The molecule has 0 saturated heterocycles. The van der Waals surface area contributed by atoms with Crippen LogP contribution in [-0.2, 0) is 14.3 Å². The Labute approximate surface area is 136 Å². The van der Waals surface area contributed by atoms with Crippen molar-refractivity contribution in [1.82, 2.24) is 5.32 Å². The van der Waals surface area contributed by atoms with E-state index in [9.17, 15) is 14.4 Å². The van der Waals surface area contributed by atoms with Crippen molar-refractivity contribution in [1.29, 1.82) is 0 Å². The number of carboxylic acids is 1. The summed E-state index contributed by atoms with van der Waals surface area (Å²) in [6, 6.07) is -1.17. The molecule has 0 radical (unpaired) electrons. The molecule has 0 aromatic heterocycles. The second kappa shape index (κ2) is 8.74. The Morgan fingerprint density at radius 3 is 2.48 bits per heavy atom. The maximum atomic E-state index is 12.0. The first-order chi connectivity index (χ1) is 10.7. The molecular weight excluding hydrogens is 300 g/mol. The van der Waals surface area contributed by atoms with E-state index in [2.05, 4.69) is 26.1 Å². The van der Waals surface area contributed by atoms with E-state index in [0.29, 0.717) is 11.8 Å². The van der Waals surface area contributed by atoms with Crippen LogP contribution in [0.25, 0.3) is 0 Å². The average molecular weight is 328 g/mol. The minimum absolute atomic E-state index is 0.0472. The summed E-state index contributed by atoms with van der Waals surface area (Å²) < 4.78 is 5.49. The van der Waals surface area contributed by atoms with Gasteiger partial charge in [-0.3, -0.25) is 4.79 Å². The van der Waals surface area contributed by atoms with Crippen LogP contribution in [0.2, 0.25) is 0 Å². The number of carbonyl (C=O) groups excluding carboxylic acids is 2. The van der Waals surface area contributed by atoms with E-state index in [4.69, 9.17) is 15.6 Å². The smallest absolute Gasteiger partial charge is 0.408 e. The highest BCUT2D eigenvalue weighted by Crippen LogP contribution is 2.35. The Kier molecular flexibility index (Phi) is 7.32. The zero-order valence-electron chi connectivity index (χ0n) is 14.1. The fourth-order valence-electron chi connectivity index (χ4n) is 3.11. The van der Waals surface area contributed by atoms with Crippen molar-refractivity contribution in [2.24, 2.45) is 23.5 Å². The first-order valence-electron chi connectivity index (χ1n) is 8.19. The highest BCUT2D eigenvalue weighted by atomic mass is 16.6. The van der Waals surface area contributed by atoms with Crippen LogP contribution < -0.4 is 11.1 Å². The third kappa shape index (κ3) is 6.46. The summed E-state index contributed by atoms with van der Waals surface area (Å²) >= 11 is 0. The topological polar surface area (TPSA) is 119 Å². The molecule has 0 aromatic carbocycles. The molecule has 1 fully saturated rings. The van der Waals surface area contributed by atoms with E-state index in [1.54, 1.807) is 0 Å². The van der Waals surface area contributed by atoms with Crippen LogP contribution >= 0.6 is 0 Å². The monoisotopic (exact) mass is 328 g/mol. The highest BCUT2D eigenvalue weighted by molar-refractivity contribution is 5.81. The van der Waals surface area contributed by atoms with Crippen molar-refractivity contribution in [2.45, 2.75) is 65.0 Å². The number of aliphatic carboxylic acids is 1. The minimum Gasteiger partial charge on any atom is -0.480 e. The fourth-order valence-corrected chi connectivity index (χ4v) is 3.11. The van der Waals surface area contributed by atoms with E-state index >= 15 is 0 Å². The SMILES string of the molecule is CC1CCC(C(C)C)C(OC(=O)N[C@@H](CCC(N)=O)C(=O)O)C1. The zero-order valence-corrected chi connectivity index (χ0v) is 14.1. The molecule has 1 saturated carbocycles. The second-order valence-electron chi connectivity index (χ2n) is 6.81. The fraction of sp³-hybridized carbons (Fsp3) is 0.812. The number of hydrogen-bond acceptors (Lipinski definition) is 4. The van der Waals surface area contributed by atoms with Crippen LogP contribution in [0.4, 0.5) is 4.79 Å². The van der Waals surface area contributed by atoms with Gasteiger partial charge >= 0.3 is 12.1 Å². The predicted molar refractivity (Wildman–Crippen MR) is 84.6 cm³/mol. The number of carboxylic acid groups (broad SMARTS) is 1. The summed E-state index contributed by atoms with van der Waals surface area (Å²) in [6.07, 6.45) is 1.80. The minimum atomic E-state index is -1.21. The molecule has 0 aromatic rings. The number of hydrogen-bond donors (Lipinski definition) is 3. The van der Waals surface area contributed by atoms with E-state index in [0.717, 1.165) is 19.3 Å². The van der Waals surface area contributed by atoms with Crippen LogP contribution in [0, 0.1) is 17.8 Å². The van der Waals surface area contributed by atoms with Crippen LogP contribution in [0.15, 0.2) is 0 Å². The molecule has 23 heavy (non-hydrogen) atoms. The summed E-state index contributed by atoms with van der Waals surface area (Å²) in [7, 11) is 0. The first-order valence-corrected chi connectivity index (χ1v) is 8.19. The van der Waals surface area contributed by atoms with Gasteiger partial charge in [0.1, 0.15) is 12.1 Å². The standard InChI is InChI=1S/C16H28N2O5/c1-9(2)11-5-4-10(3)8-13(11)23-16(22)18-12(15(20)21)6-7-14(17)19/h9-13H,4-8H2,1-3H3,(H2,17,19)(H,18,22)(H,20,21)/t10?,11?,12-,13?/m0/s1. The van der Waals surface area contributed by atoms with Gasteiger partial charge in [-0.1, -0.05) is 27.2 Å². The number of amides is 2. The number of ether oxygens (including phenoxy) is 1. The molecule has 0 bridgehead atoms. The van der Waals surface area contributed by atoms with Crippen LogP contribution in [0.5, 0.6) is 0 Å². The summed E-state index contributed by atoms with van der Waals surface area (Å²) in [5.74, 6) is -0.655. The molecule has 132 valence electrons. The van der Waals surface area contributed by atoms with Crippen molar-refractivity contribution < 1.29 is 24.2 Å². The van der Waals surface area contributed by atoms with Crippen LogP contribution in [-0.4, -0.2) is 35.2 Å². The number of nitrogens with two attached hydrogens (primary N) is 1. The lowest BCUT2D eigenvalue weighted by Gasteiger charge is -2.36. The number of carbonyl (C=O) groups is 3. The first kappa shape index (κ1) is 19.3. The van der Waals surface area contributed by atoms with Crippen LogP contribution in [0.3, 0.4) is 0 Å². The molecule has 0 spiro atoms. The second-order valence-corrected chi connectivity index (χ2v) is 6.81. The van der Waals surface area contributed by atoms with Gasteiger partial charge in [-0.2, -0.15) is 0 Å². The summed E-state index contributed by atoms with van der Waals surface area (Å²) in [6.45, 7) is 6.32. The van der Waals surface area contributed by atoms with E-state index in [1.165, 1.54) is 0 Å². The van der Waals surface area contributed by atoms with Crippen molar-refractivity contribution in [3.05, 3.63) is 0 Å². The Morgan fingerprint density at radius 2 is 1.96 bits per heavy atom. The van der Waals surface area contributed by atoms with Gasteiger partial charge in [0, 0.05) is 6.42 Å². The molecule has 3 unspecified atom stereocenters. The van der Waals surface area contributed by atoms with Gasteiger partial charge in [0.2, 0.25) is 5.91 Å². The normalized spacial score (nSPS) is 25.7. The highest BCUT2D eigenvalue weighted by Gasteiger charge is 2.34. The third-order valence-corrected chi connectivity index (χ3v) is 4.49. The molecule has 0 aliphatic heterocycles.